The van der Waals surface area contributed by atoms with Crippen molar-refractivity contribution in [2.24, 2.45) is 0 Å². The molecule has 138 valence electrons. The normalized spacial score (nSPS) is 12.3. The van der Waals surface area contributed by atoms with Gasteiger partial charge in [-0.2, -0.15) is 13.2 Å². The van der Waals surface area contributed by atoms with Crippen LogP contribution in [0.25, 0.3) is 0 Å². The number of nitro benzene ring substituents is 1. The highest BCUT2D eigenvalue weighted by Crippen LogP contribution is 2.37. The van der Waals surface area contributed by atoms with Crippen LogP contribution in [0.2, 0.25) is 5.02 Å². The first-order valence-electron chi connectivity index (χ1n) is 7.17. The lowest BCUT2D eigenvalue weighted by molar-refractivity contribution is -0.385. The van der Waals surface area contributed by atoms with Gasteiger partial charge in [0, 0.05) is 12.1 Å². The second-order valence-corrected chi connectivity index (χ2v) is 5.57. The molecule has 2 aromatic rings. The number of halogens is 4. The molecular weight excluding hydrogens is 377 g/mol. The van der Waals surface area contributed by atoms with Gasteiger partial charge in [0.05, 0.1) is 21.2 Å². The molecule has 0 aliphatic rings. The van der Waals surface area contributed by atoms with Crippen LogP contribution in [-0.4, -0.2) is 16.9 Å². The lowest BCUT2D eigenvalue weighted by Gasteiger charge is -2.18. The largest absolute Gasteiger partial charge is 0.479 e. The Balaban J connectivity index is 2.22. The van der Waals surface area contributed by atoms with Crippen molar-refractivity contribution in [3.63, 3.8) is 0 Å². The van der Waals surface area contributed by atoms with Crippen molar-refractivity contribution < 1.29 is 27.6 Å². The van der Waals surface area contributed by atoms with Gasteiger partial charge in [-0.25, -0.2) is 0 Å². The van der Waals surface area contributed by atoms with Crippen LogP contribution >= 0.6 is 11.6 Å². The number of benzene rings is 2. The molecule has 0 spiro atoms. The van der Waals surface area contributed by atoms with Crippen molar-refractivity contribution in [1.29, 1.82) is 0 Å². The third kappa shape index (κ3) is 4.63. The van der Waals surface area contributed by atoms with Crippen LogP contribution in [0.5, 0.6) is 5.75 Å². The summed E-state index contributed by atoms with van der Waals surface area (Å²) < 4.78 is 44.7. The van der Waals surface area contributed by atoms with E-state index in [1.165, 1.54) is 19.1 Å². The number of ether oxygens (including phenoxy) is 1. The van der Waals surface area contributed by atoms with Crippen LogP contribution in [0, 0.1) is 10.1 Å². The maximum absolute atomic E-state index is 13.1. The van der Waals surface area contributed by atoms with Gasteiger partial charge in [0.1, 0.15) is 5.75 Å². The molecule has 0 saturated heterocycles. The Kier molecular flexibility index (Phi) is 5.71. The number of non-ortho nitro benzene ring substituents is 1. The van der Waals surface area contributed by atoms with Gasteiger partial charge in [0.15, 0.2) is 6.10 Å². The number of para-hydroxylation sites is 1. The molecule has 2 aromatic carbocycles. The molecule has 26 heavy (non-hydrogen) atoms. The minimum absolute atomic E-state index is 0.191. The Morgan fingerprint density at radius 2 is 1.92 bits per heavy atom. The third-order valence-electron chi connectivity index (χ3n) is 3.29. The van der Waals surface area contributed by atoms with E-state index in [1.807, 2.05) is 0 Å². The second kappa shape index (κ2) is 7.61. The van der Waals surface area contributed by atoms with Crippen LogP contribution < -0.4 is 10.1 Å². The number of carbonyl (C=O) groups is 1. The summed E-state index contributed by atoms with van der Waals surface area (Å²) in [7, 11) is 0. The summed E-state index contributed by atoms with van der Waals surface area (Å²) in [4.78, 5) is 21.9. The first-order valence-corrected chi connectivity index (χ1v) is 7.55. The molecule has 0 unspecified atom stereocenters. The fourth-order valence-electron chi connectivity index (χ4n) is 2.01. The summed E-state index contributed by atoms with van der Waals surface area (Å²) in [5.41, 5.74) is -2.68. The van der Waals surface area contributed by atoms with Crippen molar-refractivity contribution >= 4 is 28.9 Å². The Hall–Kier alpha value is -2.81. The number of carbonyl (C=O) groups excluding carboxylic acids is 1. The average Bonchev–Trinajstić information content (AvgIpc) is 2.56. The van der Waals surface area contributed by atoms with Crippen LogP contribution in [0.1, 0.15) is 12.5 Å². The van der Waals surface area contributed by atoms with Gasteiger partial charge >= 0.3 is 6.18 Å². The first-order chi connectivity index (χ1) is 12.1. The summed E-state index contributed by atoms with van der Waals surface area (Å²) in [5.74, 6) is -0.680. The molecule has 2 rings (SSSR count). The van der Waals surface area contributed by atoms with Crippen LogP contribution in [0.15, 0.2) is 42.5 Å². The zero-order valence-corrected chi connectivity index (χ0v) is 14.0. The molecule has 0 aromatic heterocycles. The lowest BCUT2D eigenvalue weighted by atomic mass is 10.1. The van der Waals surface area contributed by atoms with Crippen molar-refractivity contribution in [2.75, 3.05) is 5.32 Å². The Labute approximate surface area is 150 Å². The van der Waals surface area contributed by atoms with Crippen molar-refractivity contribution in [2.45, 2.75) is 19.2 Å². The maximum Gasteiger partial charge on any atom is 0.418 e. The first kappa shape index (κ1) is 19.5. The molecule has 0 saturated carbocycles. The van der Waals surface area contributed by atoms with Crippen LogP contribution in [0.4, 0.5) is 24.5 Å². The molecule has 0 aliphatic carbocycles. The highest BCUT2D eigenvalue weighted by atomic mass is 35.5. The number of hydrogen-bond acceptors (Lipinski definition) is 4. The van der Waals surface area contributed by atoms with Gasteiger partial charge in [0.2, 0.25) is 0 Å². The fourth-order valence-corrected chi connectivity index (χ4v) is 2.19. The van der Waals surface area contributed by atoms with Gasteiger partial charge in [-0.05, 0) is 25.1 Å². The summed E-state index contributed by atoms with van der Waals surface area (Å²) >= 11 is 5.90. The topological polar surface area (TPSA) is 81.5 Å². The molecule has 0 heterocycles. The van der Waals surface area contributed by atoms with E-state index in [4.69, 9.17) is 16.3 Å². The molecule has 10 heteroatoms. The van der Waals surface area contributed by atoms with Crippen molar-refractivity contribution in [3.05, 3.63) is 63.2 Å². The van der Waals surface area contributed by atoms with E-state index < -0.39 is 40.0 Å². The summed E-state index contributed by atoms with van der Waals surface area (Å²) in [6.07, 6.45) is -6.05. The zero-order chi connectivity index (χ0) is 19.5. The standard InChI is InChI=1S/C16H12ClF3N2O4/c1-9(26-14-5-3-2-4-12(14)17)15(23)21-13-7-6-10(22(24)25)8-11(13)16(18,19)20/h2-9H,1H3,(H,21,23)/t9-/m1/s1. The molecule has 6 nitrogen and oxygen atoms in total. The van der Waals surface area contributed by atoms with Crippen LogP contribution in [0.3, 0.4) is 0 Å². The lowest BCUT2D eigenvalue weighted by Crippen LogP contribution is -2.31. The fraction of sp³-hybridized carbons (Fsp3) is 0.188. The monoisotopic (exact) mass is 388 g/mol. The number of nitro groups is 1. The SMILES string of the molecule is C[C@@H](Oc1ccccc1Cl)C(=O)Nc1ccc([N+](=O)[O-])cc1C(F)(F)F. The number of anilines is 1. The van der Waals surface area contributed by atoms with Crippen molar-refractivity contribution in [3.8, 4) is 5.75 Å². The predicted molar refractivity (Wildman–Crippen MR) is 88.3 cm³/mol. The number of nitrogens with one attached hydrogen (secondary N) is 1. The van der Waals surface area contributed by atoms with Crippen LogP contribution in [-0.2, 0) is 11.0 Å². The summed E-state index contributed by atoms with van der Waals surface area (Å²) in [6.45, 7) is 1.33. The molecule has 0 bridgehead atoms. The van der Waals surface area contributed by atoms with E-state index in [2.05, 4.69) is 5.32 Å². The highest BCUT2D eigenvalue weighted by Gasteiger charge is 2.36. The second-order valence-electron chi connectivity index (χ2n) is 5.16. The molecule has 1 amide bonds. The van der Waals surface area contributed by atoms with E-state index in [9.17, 15) is 28.1 Å². The number of rotatable bonds is 5. The Bertz CT molecular complexity index is 842. The number of amides is 1. The molecular formula is C16H12ClF3N2O4. The predicted octanol–water partition coefficient (Wildman–Crippen LogP) is 4.67. The smallest absolute Gasteiger partial charge is 0.418 e. The number of alkyl halides is 3. The van der Waals surface area contributed by atoms with E-state index in [0.717, 1.165) is 12.1 Å². The number of hydrogen-bond donors (Lipinski definition) is 1. The van der Waals surface area contributed by atoms with Gasteiger partial charge < -0.3 is 10.1 Å². The summed E-state index contributed by atoms with van der Waals surface area (Å²) in [5, 5.41) is 13.0. The molecule has 0 aliphatic heterocycles. The van der Waals surface area contributed by atoms with Gasteiger partial charge in [-0.15, -0.1) is 0 Å². The van der Waals surface area contributed by atoms with E-state index in [-0.39, 0.29) is 10.8 Å². The minimum Gasteiger partial charge on any atom is -0.479 e. The van der Waals surface area contributed by atoms with E-state index in [1.54, 1.807) is 12.1 Å². The number of nitrogens with zero attached hydrogens (tertiary/aromatic N) is 1. The zero-order valence-electron chi connectivity index (χ0n) is 13.2. The summed E-state index contributed by atoms with van der Waals surface area (Å²) in [6, 6.07) is 8.33. The molecule has 1 N–H and O–H groups in total. The minimum atomic E-state index is -4.89. The average molecular weight is 389 g/mol. The van der Waals surface area contributed by atoms with Gasteiger partial charge in [-0.3, -0.25) is 14.9 Å². The quantitative estimate of drug-likeness (QED) is 0.596. The van der Waals surface area contributed by atoms with E-state index in [0.29, 0.717) is 6.07 Å². The van der Waals surface area contributed by atoms with Gasteiger partial charge in [0.25, 0.3) is 11.6 Å². The Morgan fingerprint density at radius 3 is 2.50 bits per heavy atom. The van der Waals surface area contributed by atoms with Crippen molar-refractivity contribution in [1.82, 2.24) is 0 Å². The third-order valence-corrected chi connectivity index (χ3v) is 3.60. The Morgan fingerprint density at radius 1 is 1.27 bits per heavy atom. The van der Waals surface area contributed by atoms with Gasteiger partial charge in [-0.1, -0.05) is 23.7 Å². The molecule has 1 atom stereocenters. The molecule has 0 fully saturated rings. The maximum atomic E-state index is 13.1. The molecule has 0 radical (unpaired) electrons. The van der Waals surface area contributed by atoms with E-state index >= 15 is 0 Å². The highest BCUT2D eigenvalue weighted by molar-refractivity contribution is 6.32.